The van der Waals surface area contributed by atoms with Crippen molar-refractivity contribution in [2.75, 3.05) is 5.73 Å². The molecule has 0 fully saturated rings. The highest BCUT2D eigenvalue weighted by molar-refractivity contribution is 9.10. The van der Waals surface area contributed by atoms with Crippen LogP contribution >= 0.6 is 15.9 Å². The molecule has 1 heterocycles. The molecule has 4 heteroatoms. The highest BCUT2D eigenvalue weighted by Crippen LogP contribution is 2.30. The molecule has 0 atom stereocenters. The second-order valence-corrected chi connectivity index (χ2v) is 4.67. The van der Waals surface area contributed by atoms with Crippen molar-refractivity contribution in [3.8, 4) is 5.75 Å². The Morgan fingerprint density at radius 1 is 1.35 bits per heavy atom. The molecule has 0 saturated carbocycles. The lowest BCUT2D eigenvalue weighted by atomic mass is 10.2. The van der Waals surface area contributed by atoms with Crippen LogP contribution in [0.1, 0.15) is 11.3 Å². The Morgan fingerprint density at radius 2 is 2.18 bits per heavy atom. The SMILES string of the molecule is Cc1cc(Br)cc(N)c1OCc1ccccn1. The first-order chi connectivity index (χ1) is 8.16. The molecule has 2 N–H and O–H groups in total. The molecular weight excluding hydrogens is 280 g/mol. The molecule has 0 spiro atoms. The first-order valence-electron chi connectivity index (χ1n) is 5.25. The minimum Gasteiger partial charge on any atom is -0.485 e. The number of benzene rings is 1. The third-order valence-electron chi connectivity index (χ3n) is 2.36. The maximum absolute atomic E-state index is 5.91. The first-order valence-corrected chi connectivity index (χ1v) is 6.04. The number of aryl methyl sites for hydroxylation is 1. The van der Waals surface area contributed by atoms with Crippen LogP contribution in [0.15, 0.2) is 41.0 Å². The summed E-state index contributed by atoms with van der Waals surface area (Å²) in [6, 6.07) is 9.54. The number of ether oxygens (including phenoxy) is 1. The average Bonchev–Trinajstić information content (AvgIpc) is 2.29. The molecule has 2 aromatic rings. The van der Waals surface area contributed by atoms with Crippen LogP contribution in [0.3, 0.4) is 0 Å². The van der Waals surface area contributed by atoms with E-state index in [0.717, 1.165) is 21.5 Å². The summed E-state index contributed by atoms with van der Waals surface area (Å²) in [6.45, 7) is 2.39. The fourth-order valence-corrected chi connectivity index (χ4v) is 2.17. The monoisotopic (exact) mass is 292 g/mol. The normalized spacial score (nSPS) is 10.2. The van der Waals surface area contributed by atoms with Crippen LogP contribution in [0.25, 0.3) is 0 Å². The van der Waals surface area contributed by atoms with Gasteiger partial charge in [0.25, 0.3) is 0 Å². The number of nitrogen functional groups attached to an aromatic ring is 1. The maximum atomic E-state index is 5.91. The molecule has 0 aliphatic carbocycles. The van der Waals surface area contributed by atoms with E-state index in [9.17, 15) is 0 Å². The van der Waals surface area contributed by atoms with E-state index in [0.29, 0.717) is 12.3 Å². The Morgan fingerprint density at radius 3 is 2.82 bits per heavy atom. The molecule has 2 rings (SSSR count). The van der Waals surface area contributed by atoms with E-state index in [4.69, 9.17) is 10.5 Å². The van der Waals surface area contributed by atoms with E-state index in [1.807, 2.05) is 37.3 Å². The third-order valence-corrected chi connectivity index (χ3v) is 2.82. The summed E-state index contributed by atoms with van der Waals surface area (Å²) in [6.07, 6.45) is 1.75. The largest absolute Gasteiger partial charge is 0.485 e. The van der Waals surface area contributed by atoms with Gasteiger partial charge in [0.05, 0.1) is 11.4 Å². The molecule has 88 valence electrons. The molecule has 0 bridgehead atoms. The summed E-state index contributed by atoms with van der Waals surface area (Å²) in [5, 5.41) is 0. The van der Waals surface area contributed by atoms with Gasteiger partial charge in [0, 0.05) is 10.7 Å². The van der Waals surface area contributed by atoms with Gasteiger partial charge in [-0.2, -0.15) is 0 Å². The molecule has 0 amide bonds. The molecule has 3 nitrogen and oxygen atoms in total. The number of nitrogens with two attached hydrogens (primary N) is 1. The van der Waals surface area contributed by atoms with Gasteiger partial charge < -0.3 is 10.5 Å². The van der Waals surface area contributed by atoms with Crippen LogP contribution in [0.2, 0.25) is 0 Å². The summed E-state index contributed by atoms with van der Waals surface area (Å²) in [5.41, 5.74) is 8.43. The van der Waals surface area contributed by atoms with Gasteiger partial charge in [0.1, 0.15) is 12.4 Å². The third kappa shape index (κ3) is 2.97. The zero-order valence-electron chi connectivity index (χ0n) is 9.48. The Balaban J connectivity index is 2.15. The number of pyridine rings is 1. The molecule has 0 radical (unpaired) electrons. The number of hydrogen-bond donors (Lipinski definition) is 1. The lowest BCUT2D eigenvalue weighted by Crippen LogP contribution is -2.02. The van der Waals surface area contributed by atoms with Gasteiger partial charge in [-0.1, -0.05) is 22.0 Å². The van der Waals surface area contributed by atoms with Crippen molar-refractivity contribution in [2.45, 2.75) is 13.5 Å². The topological polar surface area (TPSA) is 48.1 Å². The Bertz CT molecular complexity index is 491. The molecule has 0 unspecified atom stereocenters. The van der Waals surface area contributed by atoms with Crippen molar-refractivity contribution >= 4 is 21.6 Å². The molecule has 0 aliphatic rings. The predicted octanol–water partition coefficient (Wildman–Crippen LogP) is 3.31. The van der Waals surface area contributed by atoms with Crippen LogP contribution in [0.4, 0.5) is 5.69 Å². The Hall–Kier alpha value is -1.55. The van der Waals surface area contributed by atoms with Crippen molar-refractivity contribution in [1.29, 1.82) is 0 Å². The minimum absolute atomic E-state index is 0.424. The average molecular weight is 293 g/mol. The van der Waals surface area contributed by atoms with Gasteiger partial charge in [0.2, 0.25) is 0 Å². The minimum atomic E-state index is 0.424. The zero-order valence-corrected chi connectivity index (χ0v) is 11.1. The lowest BCUT2D eigenvalue weighted by molar-refractivity contribution is 0.301. The first kappa shape index (κ1) is 11.9. The van der Waals surface area contributed by atoms with Crippen LogP contribution < -0.4 is 10.5 Å². The lowest BCUT2D eigenvalue weighted by Gasteiger charge is -2.11. The van der Waals surface area contributed by atoms with Gasteiger partial charge in [-0.05, 0) is 36.8 Å². The number of halogens is 1. The summed E-state index contributed by atoms with van der Waals surface area (Å²) in [5.74, 6) is 0.721. The Kier molecular flexibility index (Phi) is 3.64. The van der Waals surface area contributed by atoms with Crippen LogP contribution in [0, 0.1) is 6.92 Å². The number of anilines is 1. The molecule has 0 saturated heterocycles. The highest BCUT2D eigenvalue weighted by atomic mass is 79.9. The molecule has 1 aromatic heterocycles. The van der Waals surface area contributed by atoms with Gasteiger partial charge in [0.15, 0.2) is 0 Å². The summed E-state index contributed by atoms with van der Waals surface area (Å²) in [4.78, 5) is 4.20. The fraction of sp³-hybridized carbons (Fsp3) is 0.154. The predicted molar refractivity (Wildman–Crippen MR) is 71.9 cm³/mol. The smallest absolute Gasteiger partial charge is 0.145 e. The maximum Gasteiger partial charge on any atom is 0.145 e. The van der Waals surface area contributed by atoms with Gasteiger partial charge >= 0.3 is 0 Å². The van der Waals surface area contributed by atoms with Crippen molar-refractivity contribution in [1.82, 2.24) is 4.98 Å². The molecule has 17 heavy (non-hydrogen) atoms. The molecule has 0 aliphatic heterocycles. The van der Waals surface area contributed by atoms with Crippen molar-refractivity contribution < 1.29 is 4.74 Å². The Labute approximate surface area is 109 Å². The van der Waals surface area contributed by atoms with Crippen LogP contribution in [-0.2, 0) is 6.61 Å². The second kappa shape index (κ2) is 5.19. The number of rotatable bonds is 3. The quantitative estimate of drug-likeness (QED) is 0.883. The zero-order chi connectivity index (χ0) is 12.3. The standard InChI is InChI=1S/C13H13BrN2O/c1-9-6-10(14)7-12(15)13(9)17-8-11-4-2-3-5-16-11/h2-7H,8,15H2,1H3. The summed E-state index contributed by atoms with van der Waals surface area (Å²) < 4.78 is 6.66. The fourth-order valence-electron chi connectivity index (χ4n) is 1.58. The van der Waals surface area contributed by atoms with E-state index in [2.05, 4.69) is 20.9 Å². The summed E-state index contributed by atoms with van der Waals surface area (Å²) in [7, 11) is 0. The van der Waals surface area contributed by atoms with Crippen molar-refractivity contribution in [2.24, 2.45) is 0 Å². The molecular formula is C13H13BrN2O. The van der Waals surface area contributed by atoms with E-state index >= 15 is 0 Å². The van der Waals surface area contributed by atoms with Gasteiger partial charge in [-0.25, -0.2) is 0 Å². The van der Waals surface area contributed by atoms with Crippen LogP contribution in [-0.4, -0.2) is 4.98 Å². The van der Waals surface area contributed by atoms with E-state index < -0.39 is 0 Å². The number of nitrogens with zero attached hydrogens (tertiary/aromatic N) is 1. The van der Waals surface area contributed by atoms with Gasteiger partial charge in [-0.3, -0.25) is 4.98 Å². The van der Waals surface area contributed by atoms with Crippen molar-refractivity contribution in [3.05, 3.63) is 52.3 Å². The highest BCUT2D eigenvalue weighted by Gasteiger charge is 2.06. The van der Waals surface area contributed by atoms with E-state index in [-0.39, 0.29) is 0 Å². The van der Waals surface area contributed by atoms with E-state index in [1.54, 1.807) is 6.20 Å². The number of aromatic nitrogens is 1. The summed E-state index contributed by atoms with van der Waals surface area (Å²) >= 11 is 3.40. The van der Waals surface area contributed by atoms with E-state index in [1.165, 1.54) is 0 Å². The second-order valence-electron chi connectivity index (χ2n) is 3.75. The van der Waals surface area contributed by atoms with Gasteiger partial charge in [-0.15, -0.1) is 0 Å². The number of hydrogen-bond acceptors (Lipinski definition) is 3. The molecule has 1 aromatic carbocycles. The van der Waals surface area contributed by atoms with Crippen molar-refractivity contribution in [3.63, 3.8) is 0 Å². The van der Waals surface area contributed by atoms with Crippen LogP contribution in [0.5, 0.6) is 5.75 Å².